The lowest BCUT2D eigenvalue weighted by Crippen LogP contribution is -2.51. The van der Waals surface area contributed by atoms with E-state index in [1.165, 1.54) is 25.7 Å². The van der Waals surface area contributed by atoms with E-state index in [1.807, 2.05) is 0 Å². The lowest BCUT2D eigenvalue weighted by atomic mass is 10.0. The first-order valence-electron chi connectivity index (χ1n) is 6.06. The van der Waals surface area contributed by atoms with E-state index in [0.29, 0.717) is 5.92 Å². The Kier molecular flexibility index (Phi) is 3.01. The molecule has 15 heavy (non-hydrogen) atoms. The Labute approximate surface area is 92.3 Å². The smallest absolute Gasteiger partial charge is 0.0991 e. The first kappa shape index (κ1) is 10.9. The summed E-state index contributed by atoms with van der Waals surface area (Å²) in [6.45, 7) is 6.77. The maximum Gasteiger partial charge on any atom is 0.0991 e. The molecule has 86 valence electrons. The molecule has 0 bridgehead atoms. The van der Waals surface area contributed by atoms with Crippen molar-refractivity contribution in [2.45, 2.75) is 45.1 Å². The average molecular weight is 210 g/mol. The van der Waals surface area contributed by atoms with Gasteiger partial charge in [0.05, 0.1) is 18.0 Å². The summed E-state index contributed by atoms with van der Waals surface area (Å²) < 4.78 is 5.67. The zero-order valence-corrected chi connectivity index (χ0v) is 9.88. The maximum absolute atomic E-state index is 8.23. The molecule has 2 rings (SSSR count). The number of rotatable bonds is 1. The number of nitrogens with one attached hydrogen (secondary N) is 1. The molecule has 3 nitrogen and oxygen atoms in total. The van der Waals surface area contributed by atoms with Crippen molar-refractivity contribution in [2.24, 2.45) is 5.92 Å². The Morgan fingerprint density at radius 3 is 2.60 bits per heavy atom. The van der Waals surface area contributed by atoms with Crippen molar-refractivity contribution in [1.82, 2.24) is 4.90 Å². The van der Waals surface area contributed by atoms with E-state index in [9.17, 15) is 0 Å². The molecule has 1 saturated carbocycles. The van der Waals surface area contributed by atoms with Crippen LogP contribution >= 0.6 is 0 Å². The van der Waals surface area contributed by atoms with Gasteiger partial charge in [-0.3, -0.25) is 5.41 Å². The second kappa shape index (κ2) is 4.12. The van der Waals surface area contributed by atoms with Gasteiger partial charge in [-0.2, -0.15) is 0 Å². The molecule has 0 unspecified atom stereocenters. The van der Waals surface area contributed by atoms with Gasteiger partial charge in [0.2, 0.25) is 0 Å². The summed E-state index contributed by atoms with van der Waals surface area (Å²) in [5.41, 5.74) is -0.0802. The van der Waals surface area contributed by atoms with Crippen molar-refractivity contribution >= 4 is 5.84 Å². The fourth-order valence-corrected chi connectivity index (χ4v) is 2.68. The van der Waals surface area contributed by atoms with Crippen LogP contribution in [0.25, 0.3) is 0 Å². The second-order valence-corrected chi connectivity index (χ2v) is 5.40. The summed E-state index contributed by atoms with van der Waals surface area (Å²) in [5.74, 6) is 1.39. The van der Waals surface area contributed by atoms with Gasteiger partial charge < -0.3 is 9.64 Å². The first-order valence-corrected chi connectivity index (χ1v) is 6.06. The number of hydrogen-bond acceptors (Lipinski definition) is 2. The largest absolute Gasteiger partial charge is 0.372 e. The Morgan fingerprint density at radius 2 is 2.00 bits per heavy atom. The molecule has 0 aromatic rings. The minimum Gasteiger partial charge on any atom is -0.372 e. The van der Waals surface area contributed by atoms with Crippen molar-refractivity contribution in [3.05, 3.63) is 0 Å². The highest BCUT2D eigenvalue weighted by Crippen LogP contribution is 2.28. The summed E-state index contributed by atoms with van der Waals surface area (Å²) in [6, 6.07) is 0. The number of nitrogens with zero attached hydrogens (tertiary/aromatic N) is 1. The number of amidine groups is 1. The predicted molar refractivity (Wildman–Crippen MR) is 61.3 cm³/mol. The molecule has 0 spiro atoms. The highest BCUT2D eigenvalue weighted by Gasteiger charge is 2.31. The van der Waals surface area contributed by atoms with Gasteiger partial charge in [0, 0.05) is 19.0 Å². The molecule has 1 heterocycles. The molecule has 1 aliphatic carbocycles. The molecule has 0 amide bonds. The third-order valence-corrected chi connectivity index (χ3v) is 3.51. The van der Waals surface area contributed by atoms with Crippen molar-refractivity contribution < 1.29 is 4.74 Å². The normalized spacial score (nSPS) is 26.9. The van der Waals surface area contributed by atoms with Crippen LogP contribution in [0.1, 0.15) is 39.5 Å². The van der Waals surface area contributed by atoms with Crippen LogP contribution in [0.3, 0.4) is 0 Å². The highest BCUT2D eigenvalue weighted by atomic mass is 16.5. The summed E-state index contributed by atoms with van der Waals surface area (Å²) in [7, 11) is 0. The average Bonchev–Trinajstić information content (AvgIpc) is 2.67. The van der Waals surface area contributed by atoms with Gasteiger partial charge in [-0.05, 0) is 26.7 Å². The van der Waals surface area contributed by atoms with Crippen LogP contribution in [-0.4, -0.2) is 36.0 Å². The van der Waals surface area contributed by atoms with Gasteiger partial charge >= 0.3 is 0 Å². The quantitative estimate of drug-likeness (QED) is 0.532. The van der Waals surface area contributed by atoms with Crippen LogP contribution in [0.5, 0.6) is 0 Å². The first-order chi connectivity index (χ1) is 7.08. The zero-order chi connectivity index (χ0) is 10.9. The summed E-state index contributed by atoms with van der Waals surface area (Å²) in [5, 5.41) is 8.23. The van der Waals surface area contributed by atoms with Crippen molar-refractivity contribution in [3.8, 4) is 0 Å². The standard InChI is InChI=1S/C12H22N2O/c1-12(2)9-14(7-8-15-12)11(13)10-5-3-4-6-10/h10,13H,3-9H2,1-2H3. The van der Waals surface area contributed by atoms with E-state index in [2.05, 4.69) is 18.7 Å². The van der Waals surface area contributed by atoms with E-state index in [4.69, 9.17) is 10.1 Å². The van der Waals surface area contributed by atoms with E-state index >= 15 is 0 Å². The van der Waals surface area contributed by atoms with Gasteiger partial charge in [-0.15, -0.1) is 0 Å². The minimum atomic E-state index is -0.0802. The molecule has 1 N–H and O–H groups in total. The fourth-order valence-electron chi connectivity index (χ4n) is 2.68. The summed E-state index contributed by atoms with van der Waals surface area (Å²) in [6.07, 6.45) is 5.05. The highest BCUT2D eigenvalue weighted by molar-refractivity contribution is 5.82. The second-order valence-electron chi connectivity index (χ2n) is 5.40. The maximum atomic E-state index is 8.23. The Balaban J connectivity index is 1.94. The molecular formula is C12H22N2O. The van der Waals surface area contributed by atoms with Gasteiger partial charge in [-0.1, -0.05) is 12.8 Å². The fraction of sp³-hybridized carbons (Fsp3) is 0.917. The SMILES string of the molecule is CC1(C)CN(C(=N)C2CCCC2)CCO1. The third-order valence-electron chi connectivity index (χ3n) is 3.51. The van der Waals surface area contributed by atoms with Gasteiger partial charge in [0.1, 0.15) is 0 Å². The Bertz CT molecular complexity index is 244. The molecule has 1 saturated heterocycles. The Morgan fingerprint density at radius 1 is 1.33 bits per heavy atom. The van der Waals surface area contributed by atoms with Crippen molar-refractivity contribution in [1.29, 1.82) is 5.41 Å². The molecule has 0 aromatic carbocycles. The summed E-state index contributed by atoms with van der Waals surface area (Å²) in [4.78, 5) is 2.22. The molecule has 0 aromatic heterocycles. The van der Waals surface area contributed by atoms with Crippen LogP contribution in [0, 0.1) is 11.3 Å². The lowest BCUT2D eigenvalue weighted by Gasteiger charge is -2.40. The van der Waals surface area contributed by atoms with Gasteiger partial charge in [0.15, 0.2) is 0 Å². The Hall–Kier alpha value is -0.570. The number of morpholine rings is 1. The van der Waals surface area contributed by atoms with E-state index < -0.39 is 0 Å². The van der Waals surface area contributed by atoms with Gasteiger partial charge in [-0.25, -0.2) is 0 Å². The topological polar surface area (TPSA) is 36.3 Å². The zero-order valence-electron chi connectivity index (χ0n) is 9.88. The molecular weight excluding hydrogens is 188 g/mol. The van der Waals surface area contributed by atoms with Crippen LogP contribution in [0.15, 0.2) is 0 Å². The molecule has 3 heteroatoms. The molecule has 2 aliphatic rings. The van der Waals surface area contributed by atoms with Crippen LogP contribution < -0.4 is 0 Å². The van der Waals surface area contributed by atoms with Crippen LogP contribution in [0.2, 0.25) is 0 Å². The van der Waals surface area contributed by atoms with Crippen LogP contribution in [-0.2, 0) is 4.74 Å². The van der Waals surface area contributed by atoms with E-state index in [-0.39, 0.29) is 5.60 Å². The third kappa shape index (κ3) is 2.51. The van der Waals surface area contributed by atoms with Gasteiger partial charge in [0.25, 0.3) is 0 Å². The summed E-state index contributed by atoms with van der Waals surface area (Å²) >= 11 is 0. The number of hydrogen-bond donors (Lipinski definition) is 1. The molecule has 1 aliphatic heterocycles. The molecule has 0 radical (unpaired) electrons. The van der Waals surface area contributed by atoms with E-state index in [1.54, 1.807) is 0 Å². The van der Waals surface area contributed by atoms with Crippen LogP contribution in [0.4, 0.5) is 0 Å². The van der Waals surface area contributed by atoms with E-state index in [0.717, 1.165) is 25.5 Å². The van der Waals surface area contributed by atoms with Crippen molar-refractivity contribution in [3.63, 3.8) is 0 Å². The molecule has 2 fully saturated rings. The lowest BCUT2D eigenvalue weighted by molar-refractivity contribution is -0.0689. The molecule has 0 atom stereocenters. The van der Waals surface area contributed by atoms with Crippen molar-refractivity contribution in [2.75, 3.05) is 19.7 Å². The number of ether oxygens (including phenoxy) is 1. The minimum absolute atomic E-state index is 0.0802. The monoisotopic (exact) mass is 210 g/mol. The predicted octanol–water partition coefficient (Wildman–Crippen LogP) is 2.26.